The maximum atomic E-state index is 11.9. The van der Waals surface area contributed by atoms with Gasteiger partial charge in [-0.3, -0.25) is 60.3 Å². The molecule has 6 rings (SSSR count). The molecule has 0 radical (unpaired) electrons. The van der Waals surface area contributed by atoms with Crippen molar-refractivity contribution in [1.29, 1.82) is 10.7 Å². The summed E-state index contributed by atoms with van der Waals surface area (Å²) in [4.78, 5) is 88.6. The van der Waals surface area contributed by atoms with Gasteiger partial charge in [-0.05, 0) is 22.3 Å². The summed E-state index contributed by atoms with van der Waals surface area (Å²) in [6, 6.07) is 25.6. The number of nitrogens with zero attached hydrogens (tertiary/aromatic N) is 8. The van der Waals surface area contributed by atoms with Crippen molar-refractivity contribution in [3.8, 4) is 11.9 Å². The molecule has 2 heterocycles. The van der Waals surface area contributed by atoms with Crippen LogP contribution in [-0.2, 0) is 57.6 Å². The summed E-state index contributed by atoms with van der Waals surface area (Å²) in [6.45, 7) is 0. The molecule has 0 amide bonds. The SMILES string of the molecule is COC(=O)Cc1c(Cl)nc(Cc2ccc([N+](=O)[O-])cc2)nc1Cl.COC(=O)Cc1c(O)nc(Cc2ccc([N+](=O)[O-])cc2)[nH]c1=O.Cl.N#CCc1ccc([N+](=O)[O-])cc1.N=C(N)Cc1ccc([N+](=O)[O-])cc1. The highest BCUT2D eigenvalue weighted by atomic mass is 35.5. The van der Waals surface area contributed by atoms with E-state index in [4.69, 9.17) is 39.6 Å². The number of esters is 2. The molecule has 4 aromatic carbocycles. The summed E-state index contributed by atoms with van der Waals surface area (Å²) in [5, 5.41) is 67.0. The second kappa shape index (κ2) is 29.1. The first-order valence-corrected chi connectivity index (χ1v) is 20.7. The Labute approximate surface area is 422 Å². The number of hydrogen-bond acceptors (Lipinski definition) is 19. The smallest absolute Gasteiger partial charge is 0.310 e. The van der Waals surface area contributed by atoms with Crippen LogP contribution in [0.25, 0.3) is 0 Å². The fourth-order valence-electron chi connectivity index (χ4n) is 5.53. The molecule has 376 valence electrons. The number of aromatic amines is 1. The highest BCUT2D eigenvalue weighted by Gasteiger charge is 2.18. The summed E-state index contributed by atoms with van der Waals surface area (Å²) in [5.74, 6) is -1.14. The van der Waals surface area contributed by atoms with Gasteiger partial charge in [0.25, 0.3) is 28.3 Å². The largest absolute Gasteiger partial charge is 0.493 e. The standard InChI is InChI=1S/C14H11Cl2N3O4.C14H13N3O6.C8H9N3O2.C8H6N2O2.ClH/c1-23-12(20)7-10-13(15)17-11(18-14(10)16)6-8-2-4-9(5-3-8)19(21)22;1-23-12(18)7-10-13(19)15-11(16-14(10)20)6-8-2-4-9(5-3-8)17(21)22;9-8(10)5-6-1-3-7(4-2-6)11(12)13;9-6-5-7-1-3-8(4-2-7)10(11)12;/h2-5H,6-7H2,1H3;2-5H,6-7H2,1H3,(H2,15,16,19,20);1-4H,5H2,(H3,9,10);1-4H,5H2;1H. The van der Waals surface area contributed by atoms with E-state index < -0.39 is 43.1 Å². The van der Waals surface area contributed by atoms with Gasteiger partial charge >= 0.3 is 11.9 Å². The number of ether oxygens (including phenoxy) is 2. The lowest BCUT2D eigenvalue weighted by Gasteiger charge is -2.07. The molecule has 0 spiro atoms. The molecule has 0 atom stereocenters. The number of nitro benzene ring substituents is 4. The lowest BCUT2D eigenvalue weighted by molar-refractivity contribution is -0.385. The van der Waals surface area contributed by atoms with Crippen molar-refractivity contribution in [2.45, 2.75) is 38.5 Å². The van der Waals surface area contributed by atoms with Crippen molar-refractivity contribution >= 4 is 76.1 Å². The number of hydrogen-bond donors (Lipinski definition) is 4. The monoisotopic (exact) mass is 1050 g/mol. The highest BCUT2D eigenvalue weighted by molar-refractivity contribution is 6.34. The maximum Gasteiger partial charge on any atom is 0.310 e. The van der Waals surface area contributed by atoms with Crippen molar-refractivity contribution in [3.63, 3.8) is 0 Å². The van der Waals surface area contributed by atoms with Crippen molar-refractivity contribution in [2.24, 2.45) is 5.73 Å². The predicted octanol–water partition coefficient (Wildman–Crippen LogP) is 6.84. The van der Waals surface area contributed by atoms with E-state index in [2.05, 4.69) is 29.4 Å². The van der Waals surface area contributed by atoms with Crippen LogP contribution in [0.1, 0.15) is 45.0 Å². The summed E-state index contributed by atoms with van der Waals surface area (Å²) in [5.41, 5.74) is 7.74. The summed E-state index contributed by atoms with van der Waals surface area (Å²) >= 11 is 12.1. The van der Waals surface area contributed by atoms with Gasteiger partial charge in [-0.15, -0.1) is 12.4 Å². The molecular weight excluding hydrogens is 1010 g/mol. The van der Waals surface area contributed by atoms with Gasteiger partial charge in [0.2, 0.25) is 5.88 Å². The Bertz CT molecular complexity index is 2970. The first-order valence-electron chi connectivity index (χ1n) is 19.9. The van der Waals surface area contributed by atoms with Gasteiger partial charge in [0.15, 0.2) is 0 Å². The fourth-order valence-corrected chi connectivity index (χ4v) is 6.09. The van der Waals surface area contributed by atoms with Gasteiger partial charge in [0, 0.05) is 73.4 Å². The Hall–Kier alpha value is -8.99. The normalized spacial score (nSPS) is 9.82. The molecule has 0 aliphatic rings. The highest BCUT2D eigenvalue weighted by Crippen LogP contribution is 2.24. The molecule has 0 saturated heterocycles. The van der Waals surface area contributed by atoms with Crippen molar-refractivity contribution in [2.75, 3.05) is 14.2 Å². The number of halogens is 3. The van der Waals surface area contributed by atoms with E-state index in [0.29, 0.717) is 29.8 Å². The average molecular weight is 1050 g/mol. The molecule has 72 heavy (non-hydrogen) atoms. The van der Waals surface area contributed by atoms with E-state index in [1.54, 1.807) is 36.4 Å². The molecule has 0 aliphatic carbocycles. The molecule has 0 fully saturated rings. The third-order valence-corrected chi connectivity index (χ3v) is 9.72. The molecule has 5 N–H and O–H groups in total. The van der Waals surface area contributed by atoms with Crippen LogP contribution in [0.4, 0.5) is 22.7 Å². The number of carbonyl (C=O) groups excluding carboxylic acids is 2. The van der Waals surface area contributed by atoms with Crippen molar-refractivity contribution < 1.29 is 43.9 Å². The number of rotatable bonds is 15. The van der Waals surface area contributed by atoms with Gasteiger partial charge in [-0.1, -0.05) is 71.7 Å². The zero-order chi connectivity index (χ0) is 52.8. The van der Waals surface area contributed by atoms with Crippen LogP contribution < -0.4 is 11.3 Å². The third-order valence-electron chi connectivity index (χ3n) is 9.09. The maximum absolute atomic E-state index is 11.9. The van der Waals surface area contributed by atoms with Gasteiger partial charge < -0.3 is 25.3 Å². The molecule has 0 unspecified atom stereocenters. The van der Waals surface area contributed by atoms with Gasteiger partial charge in [0.1, 0.15) is 22.0 Å². The Balaban J connectivity index is 0.000000341. The number of nitriles is 1. The Kier molecular flexibility index (Phi) is 23.9. The zero-order valence-electron chi connectivity index (χ0n) is 37.6. The second-order valence-corrected chi connectivity index (χ2v) is 14.8. The number of nitrogens with one attached hydrogen (secondary N) is 2. The molecule has 0 saturated carbocycles. The lowest BCUT2D eigenvalue weighted by Crippen LogP contribution is -2.20. The first-order chi connectivity index (χ1) is 33.6. The summed E-state index contributed by atoms with van der Waals surface area (Å²) in [7, 11) is 2.43. The lowest BCUT2D eigenvalue weighted by atomic mass is 10.1. The molecule has 0 aliphatic heterocycles. The molecular formula is C44H40Cl3N11O14. The van der Waals surface area contributed by atoms with Crippen LogP contribution in [0.5, 0.6) is 5.88 Å². The first kappa shape index (κ1) is 59.1. The number of aromatic nitrogens is 4. The van der Waals surface area contributed by atoms with E-state index in [9.17, 15) is 59.9 Å². The Morgan fingerprint density at radius 1 is 0.653 bits per heavy atom. The number of amidine groups is 1. The molecule has 6 aromatic rings. The van der Waals surface area contributed by atoms with Crippen LogP contribution >= 0.6 is 35.6 Å². The van der Waals surface area contributed by atoms with E-state index in [1.807, 2.05) is 6.07 Å². The van der Waals surface area contributed by atoms with E-state index >= 15 is 0 Å². The zero-order valence-corrected chi connectivity index (χ0v) is 39.9. The molecule has 28 heteroatoms. The average Bonchev–Trinajstić information content (AvgIpc) is 3.32. The van der Waals surface area contributed by atoms with Gasteiger partial charge in [-0.2, -0.15) is 10.2 Å². The Morgan fingerprint density at radius 2 is 1.01 bits per heavy atom. The number of non-ortho nitro benzene ring substituents is 4. The van der Waals surface area contributed by atoms with Gasteiger partial charge in [0.05, 0.1) is 70.6 Å². The van der Waals surface area contributed by atoms with Crippen molar-refractivity contribution in [3.05, 3.63) is 203 Å². The number of nitrogens with two attached hydrogens (primary N) is 1. The molecule has 25 nitrogen and oxygen atoms in total. The van der Waals surface area contributed by atoms with Crippen LogP contribution in [0.2, 0.25) is 10.3 Å². The quantitative estimate of drug-likeness (QED) is 0.0204. The van der Waals surface area contributed by atoms with Crippen LogP contribution in [0, 0.1) is 57.2 Å². The third kappa shape index (κ3) is 19.6. The predicted molar refractivity (Wildman–Crippen MR) is 260 cm³/mol. The second-order valence-electron chi connectivity index (χ2n) is 14.1. The molecule has 0 bridgehead atoms. The number of carbonyl (C=O) groups is 2. The Morgan fingerprint density at radius 3 is 1.36 bits per heavy atom. The number of benzene rings is 4. The molecule has 2 aromatic heterocycles. The van der Waals surface area contributed by atoms with E-state index in [0.717, 1.165) is 16.7 Å². The minimum atomic E-state index is -0.671. The van der Waals surface area contributed by atoms with E-state index in [-0.39, 0.29) is 88.4 Å². The minimum absolute atomic E-state index is 0. The summed E-state index contributed by atoms with van der Waals surface area (Å²) < 4.78 is 8.99. The van der Waals surface area contributed by atoms with Crippen molar-refractivity contribution in [1.82, 2.24) is 19.9 Å². The van der Waals surface area contributed by atoms with Crippen LogP contribution in [0.15, 0.2) is 102 Å². The van der Waals surface area contributed by atoms with E-state index in [1.165, 1.54) is 74.9 Å². The number of methoxy groups -OCH3 is 2. The minimum Gasteiger partial charge on any atom is -0.493 e. The number of H-pyrrole nitrogens is 1. The summed E-state index contributed by atoms with van der Waals surface area (Å²) in [6.07, 6.45) is 0.583. The topological polar surface area (TPSA) is 391 Å². The number of aromatic hydroxyl groups is 1. The van der Waals surface area contributed by atoms with Crippen LogP contribution in [-0.4, -0.2) is 76.7 Å². The van der Waals surface area contributed by atoms with Gasteiger partial charge in [-0.25, -0.2) is 9.97 Å². The fraction of sp³-hybridized carbons (Fsp3) is 0.182. The van der Waals surface area contributed by atoms with Crippen LogP contribution in [0.3, 0.4) is 0 Å². The number of nitro groups is 4.